The van der Waals surface area contributed by atoms with E-state index in [0.717, 1.165) is 6.08 Å². The average Bonchev–Trinajstić information content (AvgIpc) is 2.20. The van der Waals surface area contributed by atoms with E-state index < -0.39 is 24.3 Å². The van der Waals surface area contributed by atoms with Gasteiger partial charge in [0.15, 0.2) is 0 Å². The van der Waals surface area contributed by atoms with Crippen LogP contribution in [-0.4, -0.2) is 29.4 Å². The van der Waals surface area contributed by atoms with E-state index in [0.29, 0.717) is 5.47 Å². The van der Waals surface area contributed by atoms with Crippen molar-refractivity contribution in [1.82, 2.24) is 0 Å². The molecular formula is C10H17BO4. The SMILES string of the molecule is CC(=CC(=O)O)B1OC(C)(C)C(C)(C)O1. The van der Waals surface area contributed by atoms with E-state index in [1.807, 2.05) is 27.7 Å². The van der Waals surface area contributed by atoms with E-state index in [4.69, 9.17) is 14.4 Å². The van der Waals surface area contributed by atoms with Gasteiger partial charge in [-0.05, 0) is 40.1 Å². The molecule has 0 amide bonds. The fraction of sp³-hybridized carbons (Fsp3) is 0.700. The molecule has 15 heavy (non-hydrogen) atoms. The van der Waals surface area contributed by atoms with Crippen molar-refractivity contribution in [2.24, 2.45) is 0 Å². The molecule has 0 bridgehead atoms. The Balaban J connectivity index is 2.84. The Hall–Kier alpha value is -0.805. The van der Waals surface area contributed by atoms with Gasteiger partial charge in [0.25, 0.3) is 0 Å². The predicted molar refractivity (Wildman–Crippen MR) is 57.5 cm³/mol. The molecule has 4 nitrogen and oxygen atoms in total. The molecule has 1 aliphatic rings. The highest BCUT2D eigenvalue weighted by atomic mass is 16.7. The third kappa shape index (κ3) is 2.41. The number of carbonyl (C=O) groups is 1. The zero-order chi connectivity index (χ0) is 11.9. The summed E-state index contributed by atoms with van der Waals surface area (Å²) in [6.45, 7) is 9.42. The van der Waals surface area contributed by atoms with Crippen LogP contribution in [0.5, 0.6) is 0 Å². The number of carboxylic acids is 1. The molecule has 0 atom stereocenters. The highest BCUT2D eigenvalue weighted by Gasteiger charge is 2.51. The summed E-state index contributed by atoms with van der Waals surface area (Å²) in [5.74, 6) is -0.984. The van der Waals surface area contributed by atoms with Crippen LogP contribution in [0.2, 0.25) is 0 Å². The quantitative estimate of drug-likeness (QED) is 0.558. The molecule has 0 aromatic rings. The van der Waals surface area contributed by atoms with Crippen molar-refractivity contribution in [1.29, 1.82) is 0 Å². The van der Waals surface area contributed by atoms with Crippen LogP contribution in [0.1, 0.15) is 34.6 Å². The second-order valence-corrected chi connectivity index (χ2v) is 4.81. The smallest absolute Gasteiger partial charge is 0.478 e. The van der Waals surface area contributed by atoms with Gasteiger partial charge >= 0.3 is 13.1 Å². The van der Waals surface area contributed by atoms with Crippen LogP contribution in [0, 0.1) is 0 Å². The summed E-state index contributed by atoms with van der Waals surface area (Å²) >= 11 is 0. The first-order valence-electron chi connectivity index (χ1n) is 4.92. The Labute approximate surface area is 90.4 Å². The molecule has 1 saturated heterocycles. The van der Waals surface area contributed by atoms with E-state index in [1.165, 1.54) is 0 Å². The van der Waals surface area contributed by atoms with Gasteiger partial charge in [0.05, 0.1) is 11.2 Å². The molecule has 1 rings (SSSR count). The highest BCUT2D eigenvalue weighted by Crippen LogP contribution is 2.38. The van der Waals surface area contributed by atoms with Crippen LogP contribution < -0.4 is 0 Å². The van der Waals surface area contributed by atoms with Crippen molar-refractivity contribution >= 4 is 13.1 Å². The first-order valence-corrected chi connectivity index (χ1v) is 4.92. The van der Waals surface area contributed by atoms with Crippen molar-refractivity contribution in [3.8, 4) is 0 Å². The van der Waals surface area contributed by atoms with Gasteiger partial charge in [-0.1, -0.05) is 0 Å². The third-order valence-electron chi connectivity index (χ3n) is 2.98. The molecule has 0 aromatic heterocycles. The van der Waals surface area contributed by atoms with E-state index in [1.54, 1.807) is 6.92 Å². The van der Waals surface area contributed by atoms with Gasteiger partial charge < -0.3 is 14.4 Å². The van der Waals surface area contributed by atoms with Crippen LogP contribution in [0.25, 0.3) is 0 Å². The maximum Gasteiger partial charge on any atom is 0.490 e. The first-order chi connectivity index (χ1) is 6.66. The summed E-state index contributed by atoms with van der Waals surface area (Å²) in [7, 11) is -0.564. The summed E-state index contributed by atoms with van der Waals surface area (Å²) in [5, 5.41) is 8.62. The minimum Gasteiger partial charge on any atom is -0.478 e. The number of hydrogen-bond donors (Lipinski definition) is 1. The molecule has 5 heteroatoms. The zero-order valence-corrected chi connectivity index (χ0v) is 9.83. The Bertz CT molecular complexity index is 291. The lowest BCUT2D eigenvalue weighted by molar-refractivity contribution is -0.131. The van der Waals surface area contributed by atoms with E-state index in [2.05, 4.69) is 0 Å². The minimum atomic E-state index is -0.984. The molecule has 1 fully saturated rings. The topological polar surface area (TPSA) is 55.8 Å². The maximum absolute atomic E-state index is 10.5. The minimum absolute atomic E-state index is 0.425. The monoisotopic (exact) mass is 212 g/mol. The van der Waals surface area contributed by atoms with Gasteiger partial charge in [-0.2, -0.15) is 0 Å². The fourth-order valence-corrected chi connectivity index (χ4v) is 1.29. The molecule has 84 valence electrons. The number of hydrogen-bond acceptors (Lipinski definition) is 3. The van der Waals surface area contributed by atoms with Crippen molar-refractivity contribution < 1.29 is 19.2 Å². The maximum atomic E-state index is 10.5. The van der Waals surface area contributed by atoms with Crippen LogP contribution in [0.4, 0.5) is 0 Å². The van der Waals surface area contributed by atoms with Crippen LogP contribution in [0.15, 0.2) is 11.5 Å². The fourth-order valence-electron chi connectivity index (χ4n) is 1.29. The summed E-state index contributed by atoms with van der Waals surface area (Å²) in [5.41, 5.74) is -0.280. The second kappa shape index (κ2) is 3.65. The van der Waals surface area contributed by atoms with Crippen LogP contribution in [-0.2, 0) is 14.1 Å². The highest BCUT2D eigenvalue weighted by molar-refractivity contribution is 6.54. The van der Waals surface area contributed by atoms with Gasteiger partial charge in [0.1, 0.15) is 0 Å². The lowest BCUT2D eigenvalue weighted by atomic mass is 9.79. The first kappa shape index (κ1) is 12.3. The summed E-state index contributed by atoms with van der Waals surface area (Å²) in [6, 6.07) is 0. The molecule has 0 aliphatic carbocycles. The molecule has 0 saturated carbocycles. The van der Waals surface area contributed by atoms with Crippen molar-refractivity contribution in [2.45, 2.75) is 45.8 Å². The summed E-state index contributed by atoms with van der Waals surface area (Å²) in [6.07, 6.45) is 1.11. The van der Waals surface area contributed by atoms with E-state index in [-0.39, 0.29) is 0 Å². The lowest BCUT2D eigenvalue weighted by Crippen LogP contribution is -2.41. The van der Waals surface area contributed by atoms with Crippen molar-refractivity contribution in [3.63, 3.8) is 0 Å². The normalized spacial score (nSPS) is 24.3. The van der Waals surface area contributed by atoms with E-state index >= 15 is 0 Å². The molecule has 0 unspecified atom stereocenters. The molecule has 1 heterocycles. The number of rotatable bonds is 2. The number of aliphatic carboxylic acids is 1. The van der Waals surface area contributed by atoms with Crippen molar-refractivity contribution in [2.75, 3.05) is 0 Å². The predicted octanol–water partition coefficient (Wildman–Crippen LogP) is 1.65. The van der Waals surface area contributed by atoms with Gasteiger partial charge in [0, 0.05) is 6.08 Å². The average molecular weight is 212 g/mol. The van der Waals surface area contributed by atoms with Gasteiger partial charge in [-0.15, -0.1) is 0 Å². The molecule has 0 aromatic carbocycles. The van der Waals surface area contributed by atoms with Crippen LogP contribution in [0.3, 0.4) is 0 Å². The number of allylic oxidation sites excluding steroid dienone is 1. The molecule has 1 N–H and O–H groups in total. The second-order valence-electron chi connectivity index (χ2n) is 4.81. The largest absolute Gasteiger partial charge is 0.490 e. The van der Waals surface area contributed by atoms with Gasteiger partial charge in [-0.25, -0.2) is 4.79 Å². The van der Waals surface area contributed by atoms with Gasteiger partial charge in [-0.3, -0.25) is 0 Å². The van der Waals surface area contributed by atoms with E-state index in [9.17, 15) is 4.79 Å². The Morgan fingerprint density at radius 3 is 1.93 bits per heavy atom. The van der Waals surface area contributed by atoms with Crippen molar-refractivity contribution in [3.05, 3.63) is 11.5 Å². The Kier molecular flexibility index (Phi) is 2.98. The van der Waals surface area contributed by atoms with Crippen LogP contribution >= 0.6 is 0 Å². The number of carboxylic acid groups (broad SMARTS) is 1. The Morgan fingerprint density at radius 2 is 1.60 bits per heavy atom. The molecule has 0 radical (unpaired) electrons. The van der Waals surface area contributed by atoms with Gasteiger partial charge in [0.2, 0.25) is 0 Å². The zero-order valence-electron chi connectivity index (χ0n) is 9.83. The Morgan fingerprint density at radius 1 is 1.20 bits per heavy atom. The third-order valence-corrected chi connectivity index (χ3v) is 2.98. The molecule has 0 spiro atoms. The lowest BCUT2D eigenvalue weighted by Gasteiger charge is -2.32. The summed E-state index contributed by atoms with van der Waals surface area (Å²) < 4.78 is 11.3. The molecule has 1 aliphatic heterocycles. The molecular weight excluding hydrogens is 195 g/mol. The standard InChI is InChI=1S/C10H17BO4/c1-7(6-8(12)13)11-14-9(2,3)10(4,5)15-11/h6H,1-5H3,(H,12,13). The summed E-state index contributed by atoms with van der Waals surface area (Å²) in [4.78, 5) is 10.5.